The highest BCUT2D eigenvalue weighted by Crippen LogP contribution is 2.54. The highest BCUT2D eigenvalue weighted by atomic mass is 35.5. The summed E-state index contributed by atoms with van der Waals surface area (Å²) in [6.45, 7) is 4.95. The Hall–Kier alpha value is -2.02. The van der Waals surface area contributed by atoms with Crippen LogP contribution in [0.3, 0.4) is 0 Å². The number of carbonyl (C=O) groups is 1. The van der Waals surface area contributed by atoms with Crippen molar-refractivity contribution in [3.63, 3.8) is 0 Å². The SMILES string of the molecule is CCn1c(SCC(=O)Nc2ccc(Cl)cc2Cl)nnc1C1CC1c1ccc(C)cc1. The Balaban J connectivity index is 1.39. The third-order valence-electron chi connectivity index (χ3n) is 5.23. The summed E-state index contributed by atoms with van der Waals surface area (Å²) in [6.07, 6.45) is 1.08. The molecule has 1 fully saturated rings. The number of nitrogens with one attached hydrogen (secondary N) is 1. The summed E-state index contributed by atoms with van der Waals surface area (Å²) >= 11 is 13.4. The number of amides is 1. The van der Waals surface area contributed by atoms with Crippen LogP contribution in [0.5, 0.6) is 0 Å². The van der Waals surface area contributed by atoms with E-state index in [4.69, 9.17) is 23.2 Å². The Morgan fingerprint density at radius 3 is 2.63 bits per heavy atom. The maximum Gasteiger partial charge on any atom is 0.234 e. The molecule has 2 unspecified atom stereocenters. The smallest absolute Gasteiger partial charge is 0.234 e. The Morgan fingerprint density at radius 1 is 1.17 bits per heavy atom. The maximum atomic E-state index is 12.4. The Kier molecular flexibility index (Phi) is 6.37. The van der Waals surface area contributed by atoms with Crippen LogP contribution in [0.15, 0.2) is 47.6 Å². The van der Waals surface area contributed by atoms with Gasteiger partial charge in [0, 0.05) is 17.5 Å². The van der Waals surface area contributed by atoms with Gasteiger partial charge in [-0.15, -0.1) is 10.2 Å². The van der Waals surface area contributed by atoms with Crippen LogP contribution in [-0.4, -0.2) is 26.4 Å². The second kappa shape index (κ2) is 9.00. The topological polar surface area (TPSA) is 59.8 Å². The zero-order valence-electron chi connectivity index (χ0n) is 16.7. The molecule has 2 atom stereocenters. The summed E-state index contributed by atoms with van der Waals surface area (Å²) in [5, 5.41) is 13.3. The van der Waals surface area contributed by atoms with Crippen molar-refractivity contribution in [3.8, 4) is 0 Å². The van der Waals surface area contributed by atoms with E-state index in [0.717, 1.165) is 23.9 Å². The highest BCUT2D eigenvalue weighted by Gasteiger charge is 2.43. The van der Waals surface area contributed by atoms with Crippen molar-refractivity contribution < 1.29 is 4.79 Å². The molecule has 30 heavy (non-hydrogen) atoms. The van der Waals surface area contributed by atoms with Gasteiger partial charge in [-0.05, 0) is 49.9 Å². The van der Waals surface area contributed by atoms with E-state index in [1.165, 1.54) is 22.9 Å². The zero-order valence-corrected chi connectivity index (χ0v) is 19.1. The monoisotopic (exact) mass is 460 g/mol. The van der Waals surface area contributed by atoms with E-state index >= 15 is 0 Å². The van der Waals surface area contributed by atoms with Crippen LogP contribution in [0.1, 0.15) is 42.1 Å². The van der Waals surface area contributed by atoms with Gasteiger partial charge < -0.3 is 9.88 Å². The van der Waals surface area contributed by atoms with Crippen LogP contribution >= 0.6 is 35.0 Å². The lowest BCUT2D eigenvalue weighted by atomic mass is 10.1. The van der Waals surface area contributed by atoms with Gasteiger partial charge in [0.15, 0.2) is 5.16 Å². The summed E-state index contributed by atoms with van der Waals surface area (Å²) in [4.78, 5) is 12.4. The molecule has 0 saturated heterocycles. The molecule has 1 saturated carbocycles. The van der Waals surface area contributed by atoms with Gasteiger partial charge in [0.2, 0.25) is 5.91 Å². The molecule has 1 N–H and O–H groups in total. The van der Waals surface area contributed by atoms with E-state index in [9.17, 15) is 4.79 Å². The molecule has 0 radical (unpaired) electrons. The van der Waals surface area contributed by atoms with Gasteiger partial charge in [-0.2, -0.15) is 0 Å². The molecule has 1 aliphatic carbocycles. The average Bonchev–Trinajstić information content (AvgIpc) is 3.41. The average molecular weight is 461 g/mol. The van der Waals surface area contributed by atoms with E-state index in [0.29, 0.717) is 27.6 Å². The number of hydrogen-bond acceptors (Lipinski definition) is 4. The van der Waals surface area contributed by atoms with E-state index in [1.807, 2.05) is 0 Å². The first-order chi connectivity index (χ1) is 14.5. The summed E-state index contributed by atoms with van der Waals surface area (Å²) in [5.74, 6) is 1.96. The minimum absolute atomic E-state index is 0.152. The number of nitrogens with zero attached hydrogens (tertiary/aromatic N) is 3. The number of hydrogen-bond donors (Lipinski definition) is 1. The number of halogens is 2. The lowest BCUT2D eigenvalue weighted by Gasteiger charge is -2.09. The first-order valence-corrected chi connectivity index (χ1v) is 11.6. The van der Waals surface area contributed by atoms with Crippen LogP contribution in [0, 0.1) is 6.92 Å². The van der Waals surface area contributed by atoms with Crippen LogP contribution in [0.25, 0.3) is 0 Å². The Labute approximate surface area is 190 Å². The first kappa shape index (κ1) is 21.2. The fourth-order valence-electron chi connectivity index (χ4n) is 3.55. The summed E-state index contributed by atoms with van der Waals surface area (Å²) in [7, 11) is 0. The van der Waals surface area contributed by atoms with Crippen molar-refractivity contribution in [2.24, 2.45) is 0 Å². The quantitative estimate of drug-likeness (QED) is 0.444. The molecule has 2 aromatic carbocycles. The molecule has 0 spiro atoms. The molecular weight excluding hydrogens is 439 g/mol. The molecule has 8 heteroatoms. The third-order valence-corrected chi connectivity index (χ3v) is 6.74. The fourth-order valence-corrected chi connectivity index (χ4v) is 4.81. The standard InChI is InChI=1S/C22H22Cl2N4OS/c1-3-28-21(17-11-16(17)14-6-4-13(2)5-7-14)26-27-22(28)30-12-20(29)25-19-9-8-15(23)10-18(19)24/h4-10,16-17H,3,11-12H2,1-2H3,(H,25,29). The number of carbonyl (C=O) groups excluding carboxylic acids is 1. The van der Waals surface area contributed by atoms with Gasteiger partial charge in [0.1, 0.15) is 5.82 Å². The van der Waals surface area contributed by atoms with E-state index in [-0.39, 0.29) is 11.7 Å². The molecule has 0 bridgehead atoms. The van der Waals surface area contributed by atoms with Crippen molar-refractivity contribution in [1.82, 2.24) is 14.8 Å². The number of anilines is 1. The predicted molar refractivity (Wildman–Crippen MR) is 123 cm³/mol. The predicted octanol–water partition coefficient (Wildman–Crippen LogP) is 5.92. The summed E-state index contributed by atoms with van der Waals surface area (Å²) in [6, 6.07) is 13.7. The number of aryl methyl sites for hydroxylation is 1. The molecule has 4 rings (SSSR count). The van der Waals surface area contributed by atoms with Crippen molar-refractivity contribution in [2.45, 2.75) is 43.8 Å². The fraction of sp³-hybridized carbons (Fsp3) is 0.318. The molecule has 5 nitrogen and oxygen atoms in total. The Bertz CT molecular complexity index is 1070. The Morgan fingerprint density at radius 2 is 1.93 bits per heavy atom. The van der Waals surface area contributed by atoms with Gasteiger partial charge in [0.05, 0.1) is 16.5 Å². The maximum absolute atomic E-state index is 12.4. The molecule has 1 amide bonds. The van der Waals surface area contributed by atoms with E-state index < -0.39 is 0 Å². The number of thioether (sulfide) groups is 1. The second-order valence-electron chi connectivity index (χ2n) is 7.41. The van der Waals surface area contributed by atoms with Gasteiger partial charge in [-0.3, -0.25) is 4.79 Å². The lowest BCUT2D eigenvalue weighted by Crippen LogP contribution is -2.15. The molecule has 0 aliphatic heterocycles. The number of rotatable bonds is 7. The van der Waals surface area contributed by atoms with Crippen LogP contribution in [0.2, 0.25) is 10.0 Å². The van der Waals surface area contributed by atoms with Crippen molar-refractivity contribution in [2.75, 3.05) is 11.1 Å². The summed E-state index contributed by atoms with van der Waals surface area (Å²) in [5.41, 5.74) is 3.16. The van der Waals surface area contributed by atoms with Crippen molar-refractivity contribution in [3.05, 3.63) is 69.5 Å². The minimum Gasteiger partial charge on any atom is -0.324 e. The van der Waals surface area contributed by atoms with Crippen LogP contribution in [0.4, 0.5) is 5.69 Å². The number of benzene rings is 2. The van der Waals surface area contributed by atoms with Gasteiger partial charge >= 0.3 is 0 Å². The minimum atomic E-state index is -0.152. The van der Waals surface area contributed by atoms with Crippen molar-refractivity contribution >= 4 is 46.6 Å². The normalized spacial score (nSPS) is 17.7. The molecule has 1 aliphatic rings. The zero-order chi connectivity index (χ0) is 21.3. The van der Waals surface area contributed by atoms with Crippen LogP contribution < -0.4 is 5.32 Å². The van der Waals surface area contributed by atoms with Gasteiger partial charge in [-0.1, -0.05) is 64.8 Å². The van der Waals surface area contributed by atoms with Crippen LogP contribution in [-0.2, 0) is 11.3 Å². The molecule has 156 valence electrons. The summed E-state index contributed by atoms with van der Waals surface area (Å²) < 4.78 is 2.12. The number of aromatic nitrogens is 3. The van der Waals surface area contributed by atoms with Gasteiger partial charge in [-0.25, -0.2) is 0 Å². The largest absolute Gasteiger partial charge is 0.324 e. The molecular formula is C22H22Cl2N4OS. The molecule has 1 aromatic heterocycles. The second-order valence-corrected chi connectivity index (χ2v) is 9.19. The first-order valence-electron chi connectivity index (χ1n) is 9.83. The van der Waals surface area contributed by atoms with E-state index in [2.05, 4.69) is 58.2 Å². The molecule has 3 aromatic rings. The lowest BCUT2D eigenvalue weighted by molar-refractivity contribution is -0.113. The third kappa shape index (κ3) is 4.66. The highest BCUT2D eigenvalue weighted by molar-refractivity contribution is 7.99. The van der Waals surface area contributed by atoms with Crippen molar-refractivity contribution in [1.29, 1.82) is 0 Å². The van der Waals surface area contributed by atoms with E-state index in [1.54, 1.807) is 18.2 Å². The molecule has 1 heterocycles. The van der Waals surface area contributed by atoms with Gasteiger partial charge in [0.25, 0.3) is 0 Å².